The van der Waals surface area contributed by atoms with E-state index in [0.29, 0.717) is 5.92 Å². The summed E-state index contributed by atoms with van der Waals surface area (Å²) in [6.45, 7) is 5.34. The summed E-state index contributed by atoms with van der Waals surface area (Å²) in [6.07, 6.45) is 5.21. The van der Waals surface area contributed by atoms with E-state index >= 15 is 0 Å². The number of hydrogen-bond acceptors (Lipinski definition) is 1. The third-order valence-electron chi connectivity index (χ3n) is 1.89. The molecule has 0 spiro atoms. The third kappa shape index (κ3) is 3.09. The van der Waals surface area contributed by atoms with Gasteiger partial charge in [-0.05, 0) is 24.5 Å². The smallest absolute Gasteiger partial charge is 0.0371 e. The van der Waals surface area contributed by atoms with Crippen molar-refractivity contribution in [2.24, 2.45) is 11.7 Å². The Morgan fingerprint density at radius 3 is 2.33 bits per heavy atom. The molecule has 68 valence electrons. The molecule has 0 aliphatic carbocycles. The maximum atomic E-state index is 5.94. The number of nitrogens with zero attached hydrogens (tertiary/aromatic N) is 1. The van der Waals surface area contributed by atoms with Crippen LogP contribution in [0.2, 0.25) is 0 Å². The second kappa shape index (κ2) is 4.31. The SMILES string of the molecule is CC(C)CC(N)Cn1cccc1. The topological polar surface area (TPSA) is 30.9 Å². The van der Waals surface area contributed by atoms with Gasteiger partial charge in [0.1, 0.15) is 0 Å². The maximum Gasteiger partial charge on any atom is 0.0371 e. The van der Waals surface area contributed by atoms with Gasteiger partial charge >= 0.3 is 0 Å². The lowest BCUT2D eigenvalue weighted by Gasteiger charge is -2.14. The molecule has 1 rings (SSSR count). The second-order valence-corrected chi connectivity index (χ2v) is 3.77. The summed E-state index contributed by atoms with van der Waals surface area (Å²) in [6, 6.07) is 4.35. The molecule has 1 atom stereocenters. The highest BCUT2D eigenvalue weighted by Crippen LogP contribution is 2.04. The first-order valence-corrected chi connectivity index (χ1v) is 4.55. The fourth-order valence-corrected chi connectivity index (χ4v) is 1.44. The van der Waals surface area contributed by atoms with Crippen LogP contribution in [0.5, 0.6) is 0 Å². The number of hydrogen-bond donors (Lipinski definition) is 1. The number of aromatic nitrogens is 1. The van der Waals surface area contributed by atoms with Crippen LogP contribution in [0.3, 0.4) is 0 Å². The van der Waals surface area contributed by atoms with Crippen molar-refractivity contribution in [3.05, 3.63) is 24.5 Å². The van der Waals surface area contributed by atoms with E-state index in [1.165, 1.54) is 0 Å². The first kappa shape index (κ1) is 9.33. The molecule has 0 fully saturated rings. The minimum atomic E-state index is 0.289. The van der Waals surface area contributed by atoms with Gasteiger partial charge in [-0.1, -0.05) is 13.8 Å². The van der Waals surface area contributed by atoms with Crippen LogP contribution < -0.4 is 5.73 Å². The van der Waals surface area contributed by atoms with E-state index in [-0.39, 0.29) is 6.04 Å². The first-order valence-electron chi connectivity index (χ1n) is 4.55. The monoisotopic (exact) mass is 166 g/mol. The molecule has 0 aromatic carbocycles. The molecule has 0 saturated carbocycles. The summed E-state index contributed by atoms with van der Waals surface area (Å²) in [7, 11) is 0. The second-order valence-electron chi connectivity index (χ2n) is 3.77. The molecule has 0 amide bonds. The molecule has 1 aromatic heterocycles. The quantitative estimate of drug-likeness (QED) is 0.727. The van der Waals surface area contributed by atoms with Crippen LogP contribution in [-0.2, 0) is 6.54 Å². The van der Waals surface area contributed by atoms with Crippen LogP contribution in [0.1, 0.15) is 20.3 Å². The lowest BCUT2D eigenvalue weighted by Crippen LogP contribution is -2.27. The summed E-state index contributed by atoms with van der Waals surface area (Å²) in [5, 5.41) is 0. The predicted molar refractivity (Wildman–Crippen MR) is 51.9 cm³/mol. The van der Waals surface area contributed by atoms with E-state index in [1.54, 1.807) is 0 Å². The maximum absolute atomic E-state index is 5.94. The molecule has 2 heteroatoms. The zero-order chi connectivity index (χ0) is 8.97. The summed E-state index contributed by atoms with van der Waals surface area (Å²) in [5.74, 6) is 0.690. The van der Waals surface area contributed by atoms with Gasteiger partial charge in [0.05, 0.1) is 0 Å². The van der Waals surface area contributed by atoms with Crippen molar-refractivity contribution in [3.8, 4) is 0 Å². The van der Waals surface area contributed by atoms with E-state index < -0.39 is 0 Å². The molecule has 2 N–H and O–H groups in total. The molecular weight excluding hydrogens is 148 g/mol. The van der Waals surface area contributed by atoms with Gasteiger partial charge in [0.15, 0.2) is 0 Å². The Labute approximate surface area is 74.4 Å². The highest BCUT2D eigenvalue weighted by molar-refractivity contribution is 4.91. The van der Waals surface area contributed by atoms with E-state index in [4.69, 9.17) is 5.73 Å². The molecule has 0 saturated heterocycles. The van der Waals surface area contributed by atoms with Gasteiger partial charge in [-0.15, -0.1) is 0 Å². The lowest BCUT2D eigenvalue weighted by molar-refractivity contribution is 0.448. The van der Waals surface area contributed by atoms with E-state index in [0.717, 1.165) is 13.0 Å². The summed E-state index contributed by atoms with van der Waals surface area (Å²) < 4.78 is 2.13. The van der Waals surface area contributed by atoms with Crippen molar-refractivity contribution < 1.29 is 0 Å². The zero-order valence-electron chi connectivity index (χ0n) is 7.90. The van der Waals surface area contributed by atoms with Gasteiger partial charge in [0.2, 0.25) is 0 Å². The summed E-state index contributed by atoms with van der Waals surface area (Å²) in [5.41, 5.74) is 5.94. The number of rotatable bonds is 4. The number of nitrogens with two attached hydrogens (primary N) is 1. The van der Waals surface area contributed by atoms with E-state index in [9.17, 15) is 0 Å². The predicted octanol–water partition coefficient (Wildman–Crippen LogP) is 1.86. The molecule has 0 bridgehead atoms. The van der Waals surface area contributed by atoms with E-state index in [1.807, 2.05) is 12.1 Å². The average molecular weight is 166 g/mol. The van der Waals surface area contributed by atoms with Crippen LogP contribution in [0.15, 0.2) is 24.5 Å². The van der Waals surface area contributed by atoms with Crippen molar-refractivity contribution in [1.29, 1.82) is 0 Å². The highest BCUT2D eigenvalue weighted by atomic mass is 15.0. The van der Waals surface area contributed by atoms with Crippen molar-refractivity contribution in [2.75, 3.05) is 0 Å². The molecule has 2 nitrogen and oxygen atoms in total. The van der Waals surface area contributed by atoms with Crippen LogP contribution in [0.25, 0.3) is 0 Å². The largest absolute Gasteiger partial charge is 0.353 e. The standard InChI is InChI=1S/C10H18N2/c1-9(2)7-10(11)8-12-5-3-4-6-12/h3-6,9-10H,7-8,11H2,1-2H3. The van der Waals surface area contributed by atoms with Crippen LogP contribution in [0.4, 0.5) is 0 Å². The Hall–Kier alpha value is -0.760. The molecule has 12 heavy (non-hydrogen) atoms. The van der Waals surface area contributed by atoms with Gasteiger partial charge < -0.3 is 10.3 Å². The third-order valence-corrected chi connectivity index (χ3v) is 1.89. The minimum absolute atomic E-state index is 0.289. The molecule has 0 aliphatic heterocycles. The minimum Gasteiger partial charge on any atom is -0.353 e. The lowest BCUT2D eigenvalue weighted by atomic mass is 10.0. The van der Waals surface area contributed by atoms with Crippen molar-refractivity contribution in [1.82, 2.24) is 4.57 Å². The Bertz CT molecular complexity index is 202. The molecule has 1 heterocycles. The van der Waals surface area contributed by atoms with Crippen LogP contribution in [0, 0.1) is 5.92 Å². The molecule has 0 aliphatic rings. The molecule has 1 aromatic rings. The van der Waals surface area contributed by atoms with Crippen molar-refractivity contribution >= 4 is 0 Å². The average Bonchev–Trinajstić information content (AvgIpc) is 2.37. The van der Waals surface area contributed by atoms with Crippen molar-refractivity contribution in [2.45, 2.75) is 32.9 Å². The molecular formula is C10H18N2. The van der Waals surface area contributed by atoms with Gasteiger partial charge in [-0.3, -0.25) is 0 Å². The van der Waals surface area contributed by atoms with Gasteiger partial charge in [0, 0.05) is 25.0 Å². The van der Waals surface area contributed by atoms with Gasteiger partial charge in [0.25, 0.3) is 0 Å². The fraction of sp³-hybridized carbons (Fsp3) is 0.600. The van der Waals surface area contributed by atoms with Gasteiger partial charge in [-0.2, -0.15) is 0 Å². The summed E-state index contributed by atoms with van der Waals surface area (Å²) >= 11 is 0. The highest BCUT2D eigenvalue weighted by Gasteiger charge is 2.04. The van der Waals surface area contributed by atoms with Crippen molar-refractivity contribution in [3.63, 3.8) is 0 Å². The van der Waals surface area contributed by atoms with E-state index in [2.05, 4.69) is 30.8 Å². The van der Waals surface area contributed by atoms with Crippen LogP contribution in [-0.4, -0.2) is 10.6 Å². The molecule has 0 radical (unpaired) electrons. The normalized spacial score (nSPS) is 13.7. The Balaban J connectivity index is 2.32. The Morgan fingerprint density at radius 2 is 1.83 bits per heavy atom. The fourth-order valence-electron chi connectivity index (χ4n) is 1.44. The first-order chi connectivity index (χ1) is 5.68. The Kier molecular flexibility index (Phi) is 3.35. The summed E-state index contributed by atoms with van der Waals surface area (Å²) in [4.78, 5) is 0. The van der Waals surface area contributed by atoms with Crippen LogP contribution >= 0.6 is 0 Å². The van der Waals surface area contributed by atoms with Gasteiger partial charge in [-0.25, -0.2) is 0 Å². The Morgan fingerprint density at radius 1 is 1.25 bits per heavy atom. The molecule has 1 unspecified atom stereocenters. The zero-order valence-corrected chi connectivity index (χ0v) is 7.90.